The summed E-state index contributed by atoms with van der Waals surface area (Å²) in [5.74, 6) is 0.650. The predicted molar refractivity (Wildman–Crippen MR) is 93.4 cm³/mol. The Morgan fingerprint density at radius 1 is 1.04 bits per heavy atom. The third-order valence-electron chi connectivity index (χ3n) is 3.64. The first kappa shape index (κ1) is 16.4. The summed E-state index contributed by atoms with van der Waals surface area (Å²) >= 11 is 0. The second-order valence-electron chi connectivity index (χ2n) is 5.22. The summed E-state index contributed by atoms with van der Waals surface area (Å²) in [7, 11) is -3.58. The minimum Gasteiger partial charge on any atom is -0.494 e. The lowest BCUT2D eigenvalue weighted by molar-refractivity contribution is 0.340. The number of ether oxygens (including phenoxy) is 1. The van der Waals surface area contributed by atoms with Crippen LogP contribution in [0.4, 0.5) is 0 Å². The molecule has 1 N–H and O–H groups in total. The Labute approximate surface area is 141 Å². The van der Waals surface area contributed by atoms with E-state index in [0.717, 1.165) is 16.5 Å². The largest absolute Gasteiger partial charge is 0.494 e. The molecule has 0 aliphatic heterocycles. The maximum Gasteiger partial charge on any atom is 0.240 e. The fraction of sp³-hybridized carbons (Fsp3) is 0.167. The average molecular weight is 342 g/mol. The lowest BCUT2D eigenvalue weighted by Crippen LogP contribution is -2.23. The zero-order chi connectivity index (χ0) is 17.0. The van der Waals surface area contributed by atoms with Gasteiger partial charge in [-0.25, -0.2) is 13.1 Å². The van der Waals surface area contributed by atoms with Crippen LogP contribution in [0.3, 0.4) is 0 Å². The van der Waals surface area contributed by atoms with Crippen LogP contribution in [0, 0.1) is 0 Å². The normalized spacial score (nSPS) is 11.5. The highest BCUT2D eigenvalue weighted by Gasteiger charge is 2.14. The molecule has 0 unspecified atom stereocenters. The lowest BCUT2D eigenvalue weighted by Gasteiger charge is -2.10. The Kier molecular flexibility index (Phi) is 4.78. The summed E-state index contributed by atoms with van der Waals surface area (Å²) in [4.78, 5) is 4.49. The van der Waals surface area contributed by atoms with Crippen molar-refractivity contribution >= 4 is 20.9 Å². The number of nitrogens with zero attached hydrogens (tertiary/aromatic N) is 1. The van der Waals surface area contributed by atoms with Gasteiger partial charge in [-0.1, -0.05) is 18.2 Å². The molecule has 6 heteroatoms. The molecule has 24 heavy (non-hydrogen) atoms. The van der Waals surface area contributed by atoms with E-state index in [2.05, 4.69) is 9.71 Å². The summed E-state index contributed by atoms with van der Waals surface area (Å²) in [6, 6.07) is 15.9. The first-order chi connectivity index (χ1) is 11.6. The number of pyridine rings is 1. The lowest BCUT2D eigenvalue weighted by atomic mass is 10.1. The van der Waals surface area contributed by atoms with Gasteiger partial charge in [0.05, 0.1) is 17.0 Å². The minimum atomic E-state index is -3.58. The zero-order valence-corrected chi connectivity index (χ0v) is 14.1. The summed E-state index contributed by atoms with van der Waals surface area (Å²) in [5, 5.41) is 0.939. The Morgan fingerprint density at radius 3 is 2.54 bits per heavy atom. The van der Waals surface area contributed by atoms with Gasteiger partial charge in [-0.15, -0.1) is 0 Å². The molecule has 0 atom stereocenters. The van der Waals surface area contributed by atoms with Gasteiger partial charge in [0.2, 0.25) is 10.0 Å². The van der Waals surface area contributed by atoms with E-state index in [-0.39, 0.29) is 11.4 Å². The van der Waals surface area contributed by atoms with Crippen molar-refractivity contribution in [3.8, 4) is 5.75 Å². The van der Waals surface area contributed by atoms with E-state index in [1.54, 1.807) is 18.3 Å². The van der Waals surface area contributed by atoms with Crippen molar-refractivity contribution in [1.29, 1.82) is 0 Å². The zero-order valence-electron chi connectivity index (χ0n) is 13.3. The van der Waals surface area contributed by atoms with Gasteiger partial charge in [0, 0.05) is 18.1 Å². The van der Waals surface area contributed by atoms with Crippen LogP contribution in [0.15, 0.2) is 65.7 Å². The second kappa shape index (κ2) is 6.98. The molecule has 0 bridgehead atoms. The van der Waals surface area contributed by atoms with Crippen LogP contribution in [0.1, 0.15) is 12.5 Å². The van der Waals surface area contributed by atoms with E-state index in [1.807, 2.05) is 37.3 Å². The van der Waals surface area contributed by atoms with Crippen LogP contribution in [-0.4, -0.2) is 20.0 Å². The van der Waals surface area contributed by atoms with Gasteiger partial charge in [-0.05, 0) is 48.9 Å². The average Bonchev–Trinajstić information content (AvgIpc) is 2.61. The minimum absolute atomic E-state index is 0.207. The molecule has 2 aromatic carbocycles. The van der Waals surface area contributed by atoms with Gasteiger partial charge in [-0.2, -0.15) is 0 Å². The molecule has 0 radical (unpaired) electrons. The van der Waals surface area contributed by atoms with E-state index in [1.165, 1.54) is 12.1 Å². The number of sulfonamides is 1. The topological polar surface area (TPSA) is 68.3 Å². The number of rotatable bonds is 6. The number of nitrogens with one attached hydrogen (secondary N) is 1. The molecular formula is C18H18N2O3S. The number of hydrogen-bond donors (Lipinski definition) is 1. The quantitative estimate of drug-likeness (QED) is 0.747. The molecule has 1 aromatic heterocycles. The number of fused-ring (bicyclic) bond motifs is 1. The van der Waals surface area contributed by atoms with Crippen molar-refractivity contribution < 1.29 is 13.2 Å². The maximum absolute atomic E-state index is 12.4. The fourth-order valence-electron chi connectivity index (χ4n) is 2.45. The molecule has 124 valence electrons. The second-order valence-corrected chi connectivity index (χ2v) is 6.98. The van der Waals surface area contributed by atoms with Crippen molar-refractivity contribution in [3.63, 3.8) is 0 Å². The maximum atomic E-state index is 12.4. The highest BCUT2D eigenvalue weighted by atomic mass is 32.2. The molecule has 0 spiro atoms. The third kappa shape index (κ3) is 3.55. The number of aromatic nitrogens is 1. The Morgan fingerprint density at radius 2 is 1.79 bits per heavy atom. The van der Waals surface area contributed by atoms with E-state index in [4.69, 9.17) is 4.74 Å². The van der Waals surface area contributed by atoms with Gasteiger partial charge in [0.15, 0.2) is 0 Å². The van der Waals surface area contributed by atoms with E-state index in [9.17, 15) is 8.42 Å². The highest BCUT2D eigenvalue weighted by Crippen LogP contribution is 2.18. The van der Waals surface area contributed by atoms with Crippen LogP contribution in [0.25, 0.3) is 10.9 Å². The standard InChI is InChI=1S/C18H18N2O3S/c1-2-23-15-7-9-16(10-8-15)24(21,22)20-13-14-11-12-19-18-6-4-3-5-17(14)18/h3-12,20H,2,13H2,1H3. The van der Waals surface area contributed by atoms with Crippen molar-refractivity contribution in [2.75, 3.05) is 6.61 Å². The fourth-order valence-corrected chi connectivity index (χ4v) is 3.45. The van der Waals surface area contributed by atoms with Crippen molar-refractivity contribution in [1.82, 2.24) is 9.71 Å². The van der Waals surface area contributed by atoms with E-state index < -0.39 is 10.0 Å². The molecule has 0 amide bonds. The van der Waals surface area contributed by atoms with E-state index >= 15 is 0 Å². The van der Waals surface area contributed by atoms with Crippen molar-refractivity contribution in [2.45, 2.75) is 18.4 Å². The molecule has 0 saturated heterocycles. The van der Waals surface area contributed by atoms with E-state index in [0.29, 0.717) is 12.4 Å². The van der Waals surface area contributed by atoms with Gasteiger partial charge in [0.1, 0.15) is 5.75 Å². The van der Waals surface area contributed by atoms with Crippen molar-refractivity contribution in [2.24, 2.45) is 0 Å². The first-order valence-electron chi connectivity index (χ1n) is 7.65. The van der Waals surface area contributed by atoms with Crippen LogP contribution < -0.4 is 9.46 Å². The molecule has 0 aliphatic rings. The molecule has 3 aromatic rings. The van der Waals surface area contributed by atoms with Crippen molar-refractivity contribution in [3.05, 3.63) is 66.4 Å². The van der Waals surface area contributed by atoms with Crippen LogP contribution >= 0.6 is 0 Å². The Balaban J connectivity index is 1.79. The Bertz CT molecular complexity index is 933. The molecule has 0 fully saturated rings. The molecule has 0 saturated carbocycles. The van der Waals surface area contributed by atoms with Gasteiger partial charge >= 0.3 is 0 Å². The third-order valence-corrected chi connectivity index (χ3v) is 5.05. The molecule has 1 heterocycles. The summed E-state index contributed by atoms with van der Waals surface area (Å²) in [5.41, 5.74) is 1.73. The van der Waals surface area contributed by atoms with Gasteiger partial charge < -0.3 is 4.74 Å². The highest BCUT2D eigenvalue weighted by molar-refractivity contribution is 7.89. The molecular weight excluding hydrogens is 324 g/mol. The SMILES string of the molecule is CCOc1ccc(S(=O)(=O)NCc2ccnc3ccccc23)cc1. The first-order valence-corrected chi connectivity index (χ1v) is 9.13. The summed E-state index contributed by atoms with van der Waals surface area (Å²) in [6.07, 6.45) is 1.68. The number of benzene rings is 2. The summed E-state index contributed by atoms with van der Waals surface area (Å²) < 4.78 is 32.9. The van der Waals surface area contributed by atoms with Gasteiger partial charge in [-0.3, -0.25) is 4.98 Å². The summed E-state index contributed by atoms with van der Waals surface area (Å²) in [6.45, 7) is 2.63. The monoisotopic (exact) mass is 342 g/mol. The predicted octanol–water partition coefficient (Wildman–Crippen LogP) is 3.11. The molecule has 0 aliphatic carbocycles. The number of para-hydroxylation sites is 1. The molecule has 5 nitrogen and oxygen atoms in total. The van der Waals surface area contributed by atoms with Crippen LogP contribution in [0.2, 0.25) is 0 Å². The number of hydrogen-bond acceptors (Lipinski definition) is 4. The smallest absolute Gasteiger partial charge is 0.240 e. The Hall–Kier alpha value is -2.44. The van der Waals surface area contributed by atoms with Crippen LogP contribution in [0.5, 0.6) is 5.75 Å². The van der Waals surface area contributed by atoms with Crippen LogP contribution in [-0.2, 0) is 16.6 Å². The molecule has 3 rings (SSSR count). The van der Waals surface area contributed by atoms with Gasteiger partial charge in [0.25, 0.3) is 0 Å².